The molecule has 0 bridgehead atoms. The number of amides is 1. The molecule has 0 saturated heterocycles. The Hall–Kier alpha value is -2.73. The normalized spacial score (nSPS) is 10.8. The maximum atomic E-state index is 11.7. The van der Waals surface area contributed by atoms with E-state index in [1.54, 1.807) is 29.6 Å². The number of esters is 2. The van der Waals surface area contributed by atoms with Crippen LogP contribution in [-0.4, -0.2) is 69.5 Å². The first kappa shape index (κ1) is 24.5. The molecule has 170 valence electrons. The van der Waals surface area contributed by atoms with Gasteiger partial charge in [0.25, 0.3) is 0 Å². The van der Waals surface area contributed by atoms with Crippen LogP contribution in [-0.2, 0) is 35.3 Å². The highest BCUT2D eigenvalue weighted by molar-refractivity contribution is 7.99. The molecule has 0 aliphatic heterocycles. The summed E-state index contributed by atoms with van der Waals surface area (Å²) in [7, 11) is 0. The van der Waals surface area contributed by atoms with Crippen LogP contribution in [0.5, 0.6) is 0 Å². The number of nitrogens with one attached hydrogen (secondary N) is 1. The van der Waals surface area contributed by atoms with Gasteiger partial charge in [0.05, 0.1) is 19.5 Å². The van der Waals surface area contributed by atoms with Gasteiger partial charge >= 0.3 is 11.9 Å². The van der Waals surface area contributed by atoms with Gasteiger partial charge in [0.2, 0.25) is 5.91 Å². The minimum Gasteiger partial charge on any atom is -0.465 e. The second kappa shape index (κ2) is 13.5. The lowest BCUT2D eigenvalue weighted by Gasteiger charge is -2.06. The van der Waals surface area contributed by atoms with Gasteiger partial charge < -0.3 is 19.5 Å². The minimum atomic E-state index is -0.437. The summed E-state index contributed by atoms with van der Waals surface area (Å²) in [6, 6.07) is 0. The zero-order valence-corrected chi connectivity index (χ0v) is 18.5. The molecule has 11 nitrogen and oxygen atoms in total. The maximum absolute atomic E-state index is 11.7. The van der Waals surface area contributed by atoms with E-state index in [9.17, 15) is 14.4 Å². The molecule has 12 heteroatoms. The number of carbonyl (C=O) groups excluding carboxylic acids is 3. The number of carbonyl (C=O) groups is 3. The summed E-state index contributed by atoms with van der Waals surface area (Å²) in [5.74, 6) is -0.185. The molecule has 2 aromatic rings. The summed E-state index contributed by atoms with van der Waals surface area (Å²) < 4.78 is 16.8. The first-order valence-corrected chi connectivity index (χ1v) is 10.9. The van der Waals surface area contributed by atoms with Crippen LogP contribution >= 0.6 is 11.8 Å². The Morgan fingerprint density at radius 1 is 1.13 bits per heavy atom. The molecular formula is C19H27N5O6S. The molecule has 0 atom stereocenters. The molecular weight excluding hydrogens is 426 g/mol. The number of rotatable bonds is 14. The third kappa shape index (κ3) is 8.89. The SMILES string of the molecule is CCOC(=O)CNC(=O)CCCCSc1ncnc2c1ncn2COCCOC(C)=O. The lowest BCUT2D eigenvalue weighted by Crippen LogP contribution is -2.30. The van der Waals surface area contributed by atoms with Crippen LogP contribution in [0.15, 0.2) is 17.7 Å². The van der Waals surface area contributed by atoms with Crippen LogP contribution in [0.2, 0.25) is 0 Å². The Kier molecular flexibility index (Phi) is 10.7. The van der Waals surface area contributed by atoms with Crippen LogP contribution in [0.3, 0.4) is 0 Å². The molecule has 31 heavy (non-hydrogen) atoms. The second-order valence-corrected chi connectivity index (χ2v) is 7.41. The fourth-order valence-electron chi connectivity index (χ4n) is 2.49. The molecule has 2 rings (SSSR count). The van der Waals surface area contributed by atoms with Crippen LogP contribution in [0, 0.1) is 0 Å². The van der Waals surface area contributed by atoms with Gasteiger partial charge in [0, 0.05) is 13.3 Å². The molecule has 0 aromatic carbocycles. The molecule has 0 saturated carbocycles. The minimum absolute atomic E-state index is 0.101. The lowest BCUT2D eigenvalue weighted by molar-refractivity contribution is -0.143. The average molecular weight is 454 g/mol. The van der Waals surface area contributed by atoms with E-state index in [2.05, 4.69) is 20.3 Å². The fraction of sp³-hybridized carbons (Fsp3) is 0.579. The molecule has 0 radical (unpaired) electrons. The van der Waals surface area contributed by atoms with E-state index in [0.717, 1.165) is 17.2 Å². The monoisotopic (exact) mass is 453 g/mol. The Bertz CT molecular complexity index is 875. The van der Waals surface area contributed by atoms with Crippen molar-refractivity contribution in [2.24, 2.45) is 0 Å². The van der Waals surface area contributed by atoms with Crippen molar-refractivity contribution in [2.45, 2.75) is 44.9 Å². The number of nitrogens with zero attached hydrogens (tertiary/aromatic N) is 4. The Morgan fingerprint density at radius 2 is 1.97 bits per heavy atom. The van der Waals surface area contributed by atoms with Crippen molar-refractivity contribution in [1.82, 2.24) is 24.8 Å². The second-order valence-electron chi connectivity index (χ2n) is 6.33. The van der Waals surface area contributed by atoms with Gasteiger partial charge in [-0.1, -0.05) is 0 Å². The number of imidazole rings is 1. The third-order valence-electron chi connectivity index (χ3n) is 3.90. The number of aromatic nitrogens is 4. The smallest absolute Gasteiger partial charge is 0.325 e. The summed E-state index contributed by atoms with van der Waals surface area (Å²) in [5.41, 5.74) is 1.34. The van der Waals surface area contributed by atoms with E-state index >= 15 is 0 Å². The maximum Gasteiger partial charge on any atom is 0.325 e. The Balaban J connectivity index is 1.71. The number of thioether (sulfide) groups is 1. The molecule has 0 aliphatic rings. The first-order chi connectivity index (χ1) is 15.0. The molecule has 0 spiro atoms. The van der Waals surface area contributed by atoms with Crippen molar-refractivity contribution in [2.75, 3.05) is 32.1 Å². The molecule has 0 fully saturated rings. The molecule has 1 N–H and O–H groups in total. The lowest BCUT2D eigenvalue weighted by atomic mass is 10.2. The fourth-order valence-corrected chi connectivity index (χ4v) is 3.44. The predicted molar refractivity (Wildman–Crippen MR) is 112 cm³/mol. The van der Waals surface area contributed by atoms with Crippen molar-refractivity contribution in [3.8, 4) is 0 Å². The van der Waals surface area contributed by atoms with E-state index in [1.807, 2.05) is 0 Å². The van der Waals surface area contributed by atoms with Gasteiger partial charge in [0.15, 0.2) is 5.65 Å². The van der Waals surface area contributed by atoms with Crippen molar-refractivity contribution in [1.29, 1.82) is 0 Å². The van der Waals surface area contributed by atoms with E-state index in [4.69, 9.17) is 14.2 Å². The summed E-state index contributed by atoms with van der Waals surface area (Å²) in [6.07, 6.45) is 4.95. The predicted octanol–water partition coefficient (Wildman–Crippen LogP) is 1.31. The molecule has 0 unspecified atom stereocenters. The highest BCUT2D eigenvalue weighted by Crippen LogP contribution is 2.24. The topological polar surface area (TPSA) is 135 Å². The van der Waals surface area contributed by atoms with Crippen molar-refractivity contribution in [3.05, 3.63) is 12.7 Å². The van der Waals surface area contributed by atoms with E-state index in [-0.39, 0.29) is 38.4 Å². The van der Waals surface area contributed by atoms with Gasteiger partial charge in [0.1, 0.15) is 36.8 Å². The van der Waals surface area contributed by atoms with Crippen LogP contribution < -0.4 is 5.32 Å². The van der Waals surface area contributed by atoms with E-state index in [1.165, 1.54) is 13.3 Å². The summed E-state index contributed by atoms with van der Waals surface area (Å²) in [6.45, 7) is 3.97. The van der Waals surface area contributed by atoms with Gasteiger partial charge in [-0.05, 0) is 25.5 Å². The van der Waals surface area contributed by atoms with Gasteiger partial charge in [-0.3, -0.25) is 19.0 Å². The van der Waals surface area contributed by atoms with Gasteiger partial charge in [-0.2, -0.15) is 0 Å². The third-order valence-corrected chi connectivity index (χ3v) is 4.97. The molecule has 2 heterocycles. The van der Waals surface area contributed by atoms with Crippen LogP contribution in [0.1, 0.15) is 33.1 Å². The quantitative estimate of drug-likeness (QED) is 0.193. The number of fused-ring (bicyclic) bond motifs is 1. The molecule has 1 amide bonds. The van der Waals surface area contributed by atoms with E-state index < -0.39 is 5.97 Å². The highest BCUT2D eigenvalue weighted by atomic mass is 32.2. The number of hydrogen-bond acceptors (Lipinski definition) is 10. The summed E-state index contributed by atoms with van der Waals surface area (Å²) in [4.78, 5) is 46.6. The molecule has 0 aliphatic carbocycles. The van der Waals surface area contributed by atoms with Crippen molar-refractivity contribution >= 4 is 40.8 Å². The zero-order chi connectivity index (χ0) is 22.5. The zero-order valence-electron chi connectivity index (χ0n) is 17.7. The number of hydrogen-bond donors (Lipinski definition) is 1. The number of unbranched alkanes of at least 4 members (excludes halogenated alkanes) is 1. The molecule has 2 aromatic heterocycles. The van der Waals surface area contributed by atoms with Gasteiger partial charge in [-0.15, -0.1) is 11.8 Å². The summed E-state index contributed by atoms with van der Waals surface area (Å²) in [5, 5.41) is 3.30. The Labute approximate surface area is 184 Å². The van der Waals surface area contributed by atoms with Gasteiger partial charge in [-0.25, -0.2) is 15.0 Å². The first-order valence-electron chi connectivity index (χ1n) is 9.93. The van der Waals surface area contributed by atoms with Crippen molar-refractivity contribution in [3.63, 3.8) is 0 Å². The van der Waals surface area contributed by atoms with Crippen molar-refractivity contribution < 1.29 is 28.6 Å². The highest BCUT2D eigenvalue weighted by Gasteiger charge is 2.11. The average Bonchev–Trinajstić information content (AvgIpc) is 3.15. The van der Waals surface area contributed by atoms with E-state index in [0.29, 0.717) is 30.6 Å². The summed E-state index contributed by atoms with van der Waals surface area (Å²) >= 11 is 1.54. The van der Waals surface area contributed by atoms with Crippen LogP contribution in [0.4, 0.5) is 0 Å². The number of ether oxygens (including phenoxy) is 3. The standard InChI is InChI=1S/C19H27N5O6S/c1-3-29-16(27)10-20-15(26)6-4-5-9-31-19-17-18(21-11-22-19)24(12-23-17)13-28-7-8-30-14(2)25/h11-12H,3-10,13H2,1-2H3,(H,20,26). The van der Waals surface area contributed by atoms with Crippen LogP contribution in [0.25, 0.3) is 11.2 Å². The Morgan fingerprint density at radius 3 is 2.74 bits per heavy atom. The largest absolute Gasteiger partial charge is 0.465 e.